The number of piperazine rings is 1. The van der Waals surface area contributed by atoms with Crippen molar-refractivity contribution in [2.45, 2.75) is 19.5 Å². The lowest BCUT2D eigenvalue weighted by atomic mass is 10.1. The second kappa shape index (κ2) is 7.92. The summed E-state index contributed by atoms with van der Waals surface area (Å²) < 4.78 is 29.3. The van der Waals surface area contributed by atoms with Crippen molar-refractivity contribution in [3.63, 3.8) is 0 Å². The van der Waals surface area contributed by atoms with Crippen molar-refractivity contribution in [2.75, 3.05) is 39.8 Å². The van der Waals surface area contributed by atoms with Gasteiger partial charge >= 0.3 is 6.61 Å². The minimum absolute atomic E-state index is 0.229. The quantitative estimate of drug-likeness (QED) is 0.801. The van der Waals surface area contributed by atoms with Gasteiger partial charge in [0.05, 0.1) is 0 Å². The maximum absolute atomic E-state index is 12.4. The predicted molar refractivity (Wildman–Crippen MR) is 80.3 cm³/mol. The lowest BCUT2D eigenvalue weighted by Crippen LogP contribution is -2.44. The number of hydrogen-bond acceptors (Lipinski definition) is 3. The Labute approximate surface area is 129 Å². The van der Waals surface area contributed by atoms with E-state index < -0.39 is 6.61 Å². The van der Waals surface area contributed by atoms with Crippen molar-refractivity contribution in [2.24, 2.45) is 0 Å². The van der Waals surface area contributed by atoms with E-state index in [1.54, 1.807) is 12.1 Å². The number of likely N-dealkylation sites (N-methyl/N-ethyl adjacent to an activating group) is 1. The van der Waals surface area contributed by atoms with Gasteiger partial charge in [0, 0.05) is 31.2 Å². The molecule has 1 heterocycles. The highest BCUT2D eigenvalue weighted by Crippen LogP contribution is 2.25. The Kier molecular flexibility index (Phi) is 6.21. The molecule has 21 heavy (non-hydrogen) atoms. The van der Waals surface area contributed by atoms with Crippen LogP contribution in [0.2, 0.25) is 5.02 Å². The molecule has 1 saturated heterocycles. The number of hydrogen-bond donors (Lipinski definition) is 0. The Bertz CT molecular complexity index is 451. The molecule has 0 saturated carbocycles. The molecule has 3 nitrogen and oxygen atoms in total. The van der Waals surface area contributed by atoms with Gasteiger partial charge in [0.2, 0.25) is 0 Å². The van der Waals surface area contributed by atoms with Crippen LogP contribution in [0.15, 0.2) is 18.2 Å². The van der Waals surface area contributed by atoms with Crippen LogP contribution in [0, 0.1) is 0 Å². The molecule has 1 aromatic carbocycles. The predicted octanol–water partition coefficient (Wildman–Crippen LogP) is 3.12. The number of alkyl halides is 2. The zero-order valence-corrected chi connectivity index (χ0v) is 13.0. The zero-order chi connectivity index (χ0) is 15.2. The Balaban J connectivity index is 1.85. The summed E-state index contributed by atoms with van der Waals surface area (Å²) in [6, 6.07) is 4.80. The van der Waals surface area contributed by atoms with Gasteiger partial charge in [-0.25, -0.2) is 0 Å². The molecule has 6 heteroatoms. The van der Waals surface area contributed by atoms with Crippen LogP contribution in [0.4, 0.5) is 8.78 Å². The van der Waals surface area contributed by atoms with E-state index in [9.17, 15) is 8.78 Å². The van der Waals surface area contributed by atoms with Gasteiger partial charge in [-0.3, -0.25) is 0 Å². The van der Waals surface area contributed by atoms with Crippen LogP contribution in [-0.2, 0) is 6.42 Å². The fourth-order valence-electron chi connectivity index (χ4n) is 2.52. The van der Waals surface area contributed by atoms with E-state index in [4.69, 9.17) is 11.6 Å². The molecule has 0 unspecified atom stereocenters. The first-order valence-electron chi connectivity index (χ1n) is 7.19. The summed E-state index contributed by atoms with van der Waals surface area (Å²) in [7, 11) is 2.12. The van der Waals surface area contributed by atoms with E-state index in [-0.39, 0.29) is 5.75 Å². The van der Waals surface area contributed by atoms with E-state index in [1.165, 1.54) is 6.07 Å². The molecular weight excluding hydrogens is 298 g/mol. The van der Waals surface area contributed by atoms with Crippen molar-refractivity contribution in [3.8, 4) is 5.75 Å². The summed E-state index contributed by atoms with van der Waals surface area (Å²) in [4.78, 5) is 4.71. The summed E-state index contributed by atoms with van der Waals surface area (Å²) in [5.41, 5.74) is 0.747. The first-order chi connectivity index (χ1) is 10.0. The Morgan fingerprint density at radius 1 is 1.24 bits per heavy atom. The summed E-state index contributed by atoms with van der Waals surface area (Å²) in [5, 5.41) is 0.547. The summed E-state index contributed by atoms with van der Waals surface area (Å²) in [6.07, 6.45) is 1.60. The first kappa shape index (κ1) is 16.5. The van der Waals surface area contributed by atoms with E-state index in [0.29, 0.717) is 11.4 Å². The van der Waals surface area contributed by atoms with Gasteiger partial charge < -0.3 is 14.5 Å². The molecule has 1 aromatic rings. The van der Waals surface area contributed by atoms with Gasteiger partial charge in [-0.15, -0.1) is 0 Å². The molecule has 1 aliphatic heterocycles. The Morgan fingerprint density at radius 2 is 1.95 bits per heavy atom. The van der Waals surface area contributed by atoms with Gasteiger partial charge in [0.15, 0.2) is 0 Å². The highest BCUT2D eigenvalue weighted by Gasteiger charge is 2.14. The number of ether oxygens (including phenoxy) is 1. The van der Waals surface area contributed by atoms with Crippen LogP contribution in [0.3, 0.4) is 0 Å². The molecule has 118 valence electrons. The van der Waals surface area contributed by atoms with Gasteiger partial charge in [0.1, 0.15) is 5.75 Å². The zero-order valence-electron chi connectivity index (χ0n) is 12.2. The van der Waals surface area contributed by atoms with Crippen LogP contribution in [0.25, 0.3) is 0 Å². The lowest BCUT2D eigenvalue weighted by molar-refractivity contribution is -0.0504. The number of nitrogens with zero attached hydrogens (tertiary/aromatic N) is 2. The largest absolute Gasteiger partial charge is 0.435 e. The molecule has 2 rings (SSSR count). The molecule has 0 bridgehead atoms. The maximum Gasteiger partial charge on any atom is 0.387 e. The SMILES string of the molecule is CN1CCN(CCCc2cc(Cl)ccc2OC(F)F)CC1. The normalized spacial score (nSPS) is 17.4. The van der Waals surface area contributed by atoms with Gasteiger partial charge in [-0.05, 0) is 50.2 Å². The molecule has 0 aliphatic carbocycles. The van der Waals surface area contributed by atoms with Crippen LogP contribution in [0.5, 0.6) is 5.75 Å². The van der Waals surface area contributed by atoms with Gasteiger partial charge in [0.25, 0.3) is 0 Å². The number of halogens is 3. The molecule has 1 fully saturated rings. The molecule has 0 amide bonds. The summed E-state index contributed by atoms with van der Waals surface area (Å²) >= 11 is 5.94. The first-order valence-corrected chi connectivity index (χ1v) is 7.56. The van der Waals surface area contributed by atoms with E-state index in [0.717, 1.165) is 44.7 Å². The molecule has 0 radical (unpaired) electrons. The standard InChI is InChI=1S/C15H21ClF2N2O/c1-19-7-9-20(10-8-19)6-2-3-12-11-13(16)4-5-14(12)21-15(17)18/h4-5,11,15H,2-3,6-10H2,1H3. The topological polar surface area (TPSA) is 15.7 Å². The van der Waals surface area contributed by atoms with E-state index in [1.807, 2.05) is 0 Å². The van der Waals surface area contributed by atoms with Gasteiger partial charge in [-0.2, -0.15) is 8.78 Å². The third-order valence-electron chi connectivity index (χ3n) is 3.75. The summed E-state index contributed by atoms with van der Waals surface area (Å²) in [5.74, 6) is 0.229. The molecule has 0 N–H and O–H groups in total. The highest BCUT2D eigenvalue weighted by molar-refractivity contribution is 6.30. The van der Waals surface area contributed by atoms with Crippen LogP contribution < -0.4 is 4.74 Å². The van der Waals surface area contributed by atoms with E-state index in [2.05, 4.69) is 21.6 Å². The van der Waals surface area contributed by atoms with Crippen LogP contribution in [0.1, 0.15) is 12.0 Å². The maximum atomic E-state index is 12.4. The number of rotatable bonds is 6. The molecule has 0 aromatic heterocycles. The average molecular weight is 319 g/mol. The van der Waals surface area contributed by atoms with Crippen molar-refractivity contribution in [1.29, 1.82) is 0 Å². The molecule has 0 atom stereocenters. The molecular formula is C15H21ClF2N2O. The number of aryl methyl sites for hydroxylation is 1. The highest BCUT2D eigenvalue weighted by atomic mass is 35.5. The Hall–Kier alpha value is -0.910. The van der Waals surface area contributed by atoms with Gasteiger partial charge in [-0.1, -0.05) is 11.6 Å². The lowest BCUT2D eigenvalue weighted by Gasteiger charge is -2.32. The van der Waals surface area contributed by atoms with Crippen molar-refractivity contribution in [1.82, 2.24) is 9.80 Å². The minimum atomic E-state index is -2.80. The van der Waals surface area contributed by atoms with Crippen molar-refractivity contribution < 1.29 is 13.5 Å². The summed E-state index contributed by atoms with van der Waals surface area (Å²) in [6.45, 7) is 2.45. The van der Waals surface area contributed by atoms with Crippen molar-refractivity contribution in [3.05, 3.63) is 28.8 Å². The molecule has 1 aliphatic rings. The number of benzene rings is 1. The second-order valence-corrected chi connectivity index (χ2v) is 5.82. The fourth-order valence-corrected chi connectivity index (χ4v) is 2.71. The van der Waals surface area contributed by atoms with E-state index >= 15 is 0 Å². The minimum Gasteiger partial charge on any atom is -0.435 e. The van der Waals surface area contributed by atoms with Crippen LogP contribution >= 0.6 is 11.6 Å². The second-order valence-electron chi connectivity index (χ2n) is 5.38. The third-order valence-corrected chi connectivity index (χ3v) is 3.99. The van der Waals surface area contributed by atoms with Crippen LogP contribution in [-0.4, -0.2) is 56.2 Å². The fraction of sp³-hybridized carbons (Fsp3) is 0.600. The third kappa shape index (κ3) is 5.41. The Morgan fingerprint density at radius 3 is 2.62 bits per heavy atom. The average Bonchev–Trinajstić information content (AvgIpc) is 2.43. The van der Waals surface area contributed by atoms with Crippen molar-refractivity contribution >= 4 is 11.6 Å². The smallest absolute Gasteiger partial charge is 0.387 e. The molecule has 0 spiro atoms. The monoisotopic (exact) mass is 318 g/mol.